The molecule has 0 radical (unpaired) electrons. The van der Waals surface area contributed by atoms with Crippen LogP contribution < -0.4 is 21.3 Å². The van der Waals surface area contributed by atoms with Gasteiger partial charge >= 0.3 is 12.1 Å². The number of urea groups is 2. The Balaban J connectivity index is 0.000000228. The number of aliphatic hydroxyl groups is 2. The fourth-order valence-electron chi connectivity index (χ4n) is 7.64. The first-order chi connectivity index (χ1) is 33.2. The molecule has 368 valence electrons. The Morgan fingerprint density at radius 2 is 1.13 bits per heavy atom. The molecule has 1 saturated carbocycles. The molecule has 1 aliphatic rings. The van der Waals surface area contributed by atoms with Crippen molar-refractivity contribution in [2.75, 3.05) is 50.4 Å². The molecular weight excluding hydrogens is 887 g/mol. The molecular formula is C49H64F2N14O4. The van der Waals surface area contributed by atoms with Gasteiger partial charge in [0.2, 0.25) is 0 Å². The summed E-state index contributed by atoms with van der Waals surface area (Å²) in [6.07, 6.45) is 4.50. The van der Waals surface area contributed by atoms with Crippen molar-refractivity contribution in [1.29, 1.82) is 0 Å². The van der Waals surface area contributed by atoms with E-state index in [-0.39, 0.29) is 17.7 Å². The lowest BCUT2D eigenvalue weighted by atomic mass is 10.1. The van der Waals surface area contributed by atoms with Crippen LogP contribution in [0.15, 0.2) is 97.1 Å². The van der Waals surface area contributed by atoms with E-state index in [0.29, 0.717) is 42.0 Å². The van der Waals surface area contributed by atoms with Crippen LogP contribution >= 0.6 is 0 Å². The number of carbonyl (C=O) groups excluding carboxylic acids is 2. The molecule has 7 rings (SSSR count). The zero-order valence-corrected chi connectivity index (χ0v) is 39.8. The van der Waals surface area contributed by atoms with Crippen molar-refractivity contribution in [3.8, 4) is 22.8 Å². The lowest BCUT2D eigenvalue weighted by Crippen LogP contribution is -2.48. The maximum absolute atomic E-state index is 13.1. The van der Waals surface area contributed by atoms with Gasteiger partial charge in [0.1, 0.15) is 11.6 Å². The topological polar surface area (TPSA) is 216 Å². The van der Waals surface area contributed by atoms with Gasteiger partial charge in [0.25, 0.3) is 0 Å². The average molecular weight is 951 g/mol. The molecule has 18 nitrogen and oxygen atoms in total. The van der Waals surface area contributed by atoms with E-state index in [1.54, 1.807) is 79.8 Å². The molecule has 2 heterocycles. The number of aliphatic hydroxyl groups excluding tert-OH is 2. The third-order valence-corrected chi connectivity index (χ3v) is 11.8. The van der Waals surface area contributed by atoms with Crippen molar-refractivity contribution >= 4 is 23.4 Å². The van der Waals surface area contributed by atoms with Crippen molar-refractivity contribution in [3.63, 3.8) is 0 Å². The Bertz CT molecular complexity index is 2520. The predicted molar refractivity (Wildman–Crippen MR) is 260 cm³/mol. The molecule has 6 N–H and O–H groups in total. The van der Waals surface area contributed by atoms with E-state index in [4.69, 9.17) is 0 Å². The van der Waals surface area contributed by atoms with Gasteiger partial charge < -0.3 is 41.3 Å². The van der Waals surface area contributed by atoms with Crippen molar-refractivity contribution in [3.05, 3.63) is 120 Å². The first-order valence-corrected chi connectivity index (χ1v) is 23.3. The van der Waals surface area contributed by atoms with Crippen LogP contribution in [0, 0.1) is 17.6 Å². The number of halogens is 2. The van der Waals surface area contributed by atoms with E-state index in [2.05, 4.69) is 57.2 Å². The van der Waals surface area contributed by atoms with Crippen LogP contribution in [0.1, 0.15) is 50.7 Å². The summed E-state index contributed by atoms with van der Waals surface area (Å²) in [5, 5.41) is 55.4. The monoisotopic (exact) mass is 951 g/mol. The minimum absolute atomic E-state index is 0.224. The number of tetrazole rings is 2. The lowest BCUT2D eigenvalue weighted by molar-refractivity contribution is 0.0847. The lowest BCUT2D eigenvalue weighted by Gasteiger charge is -2.28. The van der Waals surface area contributed by atoms with Gasteiger partial charge in [-0.3, -0.25) is 0 Å². The van der Waals surface area contributed by atoms with Crippen LogP contribution in [0.2, 0.25) is 0 Å². The highest BCUT2D eigenvalue weighted by atomic mass is 19.1. The van der Waals surface area contributed by atoms with Crippen molar-refractivity contribution in [2.24, 2.45) is 20.0 Å². The second kappa shape index (κ2) is 25.6. The number of carbonyl (C=O) groups is 2. The van der Waals surface area contributed by atoms with Crippen LogP contribution in [0.3, 0.4) is 0 Å². The summed E-state index contributed by atoms with van der Waals surface area (Å²) in [7, 11) is 5.42. The standard InChI is InChI=1S/C26H34FN7O2.C23H30FN7O2/c1-18(28-26(36)29-23-7-3-6-21(15-23)25-30-31-32-33(25)2)24(35)17-34(16-20-8-9-20)14-4-5-19-10-12-22(27)13-11-19;1-16(21(32)15-30(2)13-5-6-17-9-11-19(24)12-10-17)25-23(33)26-20-8-4-7-18(14-20)22-27-28-29-31(22)3/h3,6-7,10-13,15,18,20,24,35H,4-5,8-9,14,16-17H2,1-2H3,(H2,28,29,36);4,7-12,14,16,21,32H,5-6,13,15H2,1-3H3,(H2,25,26,33)/t18-,24+;16-,21+/m11/s1. The maximum atomic E-state index is 13.1. The number of amides is 4. The second-order valence-electron chi connectivity index (χ2n) is 17.7. The highest BCUT2D eigenvalue weighted by Crippen LogP contribution is 2.30. The predicted octanol–water partition coefficient (Wildman–Crippen LogP) is 5.68. The highest BCUT2D eigenvalue weighted by Gasteiger charge is 2.27. The Morgan fingerprint density at radius 3 is 1.57 bits per heavy atom. The van der Waals surface area contributed by atoms with Gasteiger partial charge in [0.05, 0.1) is 24.3 Å². The Hall–Kier alpha value is -6.74. The number of hydrogen-bond acceptors (Lipinski definition) is 12. The number of anilines is 2. The first kappa shape index (κ1) is 51.6. The van der Waals surface area contributed by atoms with E-state index in [1.807, 2.05) is 42.3 Å². The first-order valence-electron chi connectivity index (χ1n) is 23.3. The van der Waals surface area contributed by atoms with Crippen LogP contribution in [0.5, 0.6) is 0 Å². The summed E-state index contributed by atoms with van der Waals surface area (Å²) in [5.74, 6) is 1.41. The fraction of sp³-hybridized carbons (Fsp3) is 0.429. The number of likely N-dealkylation sites (N-methyl/N-ethyl adjacent to an activating group) is 1. The Labute approximate surface area is 401 Å². The van der Waals surface area contributed by atoms with Gasteiger partial charge in [-0.1, -0.05) is 48.5 Å². The largest absolute Gasteiger partial charge is 0.390 e. The molecule has 4 atom stereocenters. The molecule has 0 bridgehead atoms. The van der Waals surface area contributed by atoms with Crippen LogP contribution in [0.25, 0.3) is 22.8 Å². The Kier molecular flexibility index (Phi) is 19.1. The minimum atomic E-state index is -0.734. The molecule has 0 unspecified atom stereocenters. The van der Waals surface area contributed by atoms with Crippen molar-refractivity contribution in [2.45, 2.75) is 76.7 Å². The minimum Gasteiger partial charge on any atom is -0.390 e. The summed E-state index contributed by atoms with van der Waals surface area (Å²) in [6, 6.07) is 25.9. The number of aryl methyl sites for hydroxylation is 4. The number of nitrogens with one attached hydrogen (secondary N) is 4. The van der Waals surface area contributed by atoms with Crippen LogP contribution in [-0.2, 0) is 26.9 Å². The summed E-state index contributed by atoms with van der Waals surface area (Å²) in [4.78, 5) is 29.3. The number of benzene rings is 4. The SMILES string of the molecule is C[C@@H](NC(=O)Nc1cccc(-c2nnnn2C)c1)[C@@H](O)CN(C)CCCc1ccc(F)cc1.C[C@@H](NC(=O)Nc1cccc(-c2nnnn2C)c1)[C@@H](O)CN(CCCc1ccc(F)cc1)CC1CC1. The average Bonchev–Trinajstić information content (AvgIpc) is 3.86. The normalized spacial score (nSPS) is 14.1. The molecule has 4 aromatic carbocycles. The molecule has 6 aromatic rings. The highest BCUT2D eigenvalue weighted by molar-refractivity contribution is 5.90. The maximum Gasteiger partial charge on any atom is 0.319 e. The molecule has 20 heteroatoms. The fourth-order valence-corrected chi connectivity index (χ4v) is 7.64. The van der Waals surface area contributed by atoms with E-state index in [9.17, 15) is 28.6 Å². The van der Waals surface area contributed by atoms with Gasteiger partial charge in [-0.2, -0.15) is 0 Å². The van der Waals surface area contributed by atoms with Crippen molar-refractivity contribution < 1.29 is 28.6 Å². The third kappa shape index (κ3) is 17.1. The summed E-state index contributed by atoms with van der Waals surface area (Å²) >= 11 is 0. The molecule has 69 heavy (non-hydrogen) atoms. The molecule has 4 amide bonds. The van der Waals surface area contributed by atoms with Crippen molar-refractivity contribution in [1.82, 2.24) is 60.8 Å². The van der Waals surface area contributed by atoms with E-state index < -0.39 is 30.3 Å². The molecule has 0 spiro atoms. The summed E-state index contributed by atoms with van der Waals surface area (Å²) in [5.41, 5.74) is 4.94. The van der Waals surface area contributed by atoms with Gasteiger partial charge in [0.15, 0.2) is 11.6 Å². The number of hydrogen-bond donors (Lipinski definition) is 6. The van der Waals surface area contributed by atoms with E-state index in [0.717, 1.165) is 67.6 Å². The molecule has 0 saturated heterocycles. The van der Waals surface area contributed by atoms with Gasteiger partial charge in [0, 0.05) is 56.2 Å². The van der Waals surface area contributed by atoms with E-state index in [1.165, 1.54) is 37.1 Å². The van der Waals surface area contributed by atoms with Gasteiger partial charge in [-0.25, -0.2) is 27.7 Å². The number of aromatic nitrogens is 8. The van der Waals surface area contributed by atoms with Gasteiger partial charge in [-0.05, 0) is 159 Å². The zero-order valence-electron chi connectivity index (χ0n) is 39.8. The third-order valence-electron chi connectivity index (χ3n) is 11.8. The Morgan fingerprint density at radius 1 is 0.681 bits per heavy atom. The summed E-state index contributed by atoms with van der Waals surface area (Å²) in [6.45, 7) is 7.03. The zero-order chi connectivity index (χ0) is 49.3. The quantitative estimate of drug-likeness (QED) is 0.0485. The van der Waals surface area contributed by atoms with Crippen LogP contribution in [-0.4, -0.2) is 137 Å². The van der Waals surface area contributed by atoms with Crippen LogP contribution in [0.4, 0.5) is 29.7 Å². The molecule has 2 aromatic heterocycles. The smallest absolute Gasteiger partial charge is 0.319 e. The molecule has 1 aliphatic carbocycles. The number of rotatable bonds is 22. The van der Waals surface area contributed by atoms with E-state index >= 15 is 0 Å². The molecule has 1 fully saturated rings. The second-order valence-corrected chi connectivity index (χ2v) is 17.7. The van der Waals surface area contributed by atoms with Gasteiger partial charge in [-0.15, -0.1) is 10.2 Å². The summed E-state index contributed by atoms with van der Waals surface area (Å²) < 4.78 is 29.2. The number of nitrogens with zero attached hydrogens (tertiary/aromatic N) is 10. The molecule has 0 aliphatic heterocycles.